The fourth-order valence-electron chi connectivity index (χ4n) is 4.26. The second-order valence-electron chi connectivity index (χ2n) is 8.15. The molecule has 160 valence electrons. The summed E-state index contributed by atoms with van der Waals surface area (Å²) >= 11 is 0. The lowest BCUT2D eigenvalue weighted by Crippen LogP contribution is -2.29. The van der Waals surface area contributed by atoms with Gasteiger partial charge in [0.05, 0.1) is 11.4 Å². The predicted octanol–water partition coefficient (Wildman–Crippen LogP) is 5.90. The van der Waals surface area contributed by atoms with Gasteiger partial charge in [0.1, 0.15) is 5.82 Å². The molecule has 1 N–H and O–H groups in total. The van der Waals surface area contributed by atoms with E-state index in [0.29, 0.717) is 0 Å². The van der Waals surface area contributed by atoms with E-state index in [2.05, 4.69) is 62.6 Å². The highest BCUT2D eigenvalue weighted by Gasteiger charge is 2.13. The Bertz CT molecular complexity index is 1200. The molecule has 0 amide bonds. The normalized spacial score (nSPS) is 13.7. The Labute approximate surface area is 189 Å². The molecule has 5 heteroatoms. The van der Waals surface area contributed by atoms with Gasteiger partial charge in [0, 0.05) is 55.5 Å². The number of piperidine rings is 1. The molecule has 32 heavy (non-hydrogen) atoms. The Morgan fingerprint density at radius 3 is 2.38 bits per heavy atom. The van der Waals surface area contributed by atoms with Crippen molar-refractivity contribution >= 4 is 11.5 Å². The van der Waals surface area contributed by atoms with Crippen LogP contribution in [0, 0.1) is 0 Å². The molecular weight excluding hydrogens is 394 g/mol. The number of anilines is 2. The molecule has 0 saturated carbocycles. The summed E-state index contributed by atoms with van der Waals surface area (Å²) < 4.78 is 0. The second-order valence-corrected chi connectivity index (χ2v) is 8.15. The molecule has 1 saturated heterocycles. The van der Waals surface area contributed by atoms with E-state index in [1.807, 2.05) is 37.6 Å². The zero-order chi connectivity index (χ0) is 21.8. The molecule has 5 rings (SSSR count). The molecule has 0 atom stereocenters. The summed E-state index contributed by atoms with van der Waals surface area (Å²) in [5.74, 6) is 0.806. The van der Waals surface area contributed by atoms with Gasteiger partial charge in [-0.3, -0.25) is 9.97 Å². The summed E-state index contributed by atoms with van der Waals surface area (Å²) in [6.45, 7) is 2.28. The standard InChI is InChI=1S/C27H27N5/c1-28-27-17-21(16-26(31-27)25-10-3-4-11-30-25)23-14-22(18-29-19-23)20-8-7-9-24(15-20)32-12-5-2-6-13-32/h3-4,7-11,14-19H,2,5-6,12-13H2,1H3,(H,28,31). The fourth-order valence-corrected chi connectivity index (χ4v) is 4.26. The van der Waals surface area contributed by atoms with Gasteiger partial charge in [0.2, 0.25) is 0 Å². The largest absolute Gasteiger partial charge is 0.373 e. The van der Waals surface area contributed by atoms with Gasteiger partial charge in [-0.15, -0.1) is 0 Å². The third-order valence-corrected chi connectivity index (χ3v) is 5.98. The SMILES string of the molecule is CNc1cc(-c2cncc(-c3cccc(N4CCCCC4)c3)c2)cc(-c2ccccn2)n1. The van der Waals surface area contributed by atoms with Gasteiger partial charge >= 0.3 is 0 Å². The Hall–Kier alpha value is -3.73. The van der Waals surface area contributed by atoms with Crippen LogP contribution in [0.3, 0.4) is 0 Å². The number of hydrogen-bond donors (Lipinski definition) is 1. The fraction of sp³-hybridized carbons (Fsp3) is 0.222. The molecule has 5 nitrogen and oxygen atoms in total. The molecule has 0 unspecified atom stereocenters. The van der Waals surface area contributed by atoms with Crippen LogP contribution in [-0.2, 0) is 0 Å². The minimum atomic E-state index is 0.806. The molecule has 0 bridgehead atoms. The summed E-state index contributed by atoms with van der Waals surface area (Å²) in [5.41, 5.74) is 7.41. The number of benzene rings is 1. The second kappa shape index (κ2) is 9.18. The smallest absolute Gasteiger partial charge is 0.127 e. The number of nitrogens with zero attached hydrogens (tertiary/aromatic N) is 4. The predicted molar refractivity (Wildman–Crippen MR) is 132 cm³/mol. The third-order valence-electron chi connectivity index (χ3n) is 5.98. The molecule has 4 aromatic rings. The number of aromatic nitrogens is 3. The van der Waals surface area contributed by atoms with Gasteiger partial charge in [-0.2, -0.15) is 0 Å². The molecule has 0 aliphatic carbocycles. The van der Waals surface area contributed by atoms with Crippen LogP contribution in [0.1, 0.15) is 19.3 Å². The van der Waals surface area contributed by atoms with Gasteiger partial charge in [-0.1, -0.05) is 18.2 Å². The van der Waals surface area contributed by atoms with Crippen molar-refractivity contribution in [3.05, 3.63) is 79.3 Å². The summed E-state index contributed by atoms with van der Waals surface area (Å²) in [6.07, 6.45) is 9.53. The van der Waals surface area contributed by atoms with Gasteiger partial charge < -0.3 is 10.2 Å². The monoisotopic (exact) mass is 421 g/mol. The van der Waals surface area contributed by atoms with Crippen LogP contribution < -0.4 is 10.2 Å². The number of hydrogen-bond acceptors (Lipinski definition) is 5. The van der Waals surface area contributed by atoms with Gasteiger partial charge in [-0.25, -0.2) is 4.98 Å². The summed E-state index contributed by atoms with van der Waals surface area (Å²) in [7, 11) is 1.88. The Morgan fingerprint density at radius 1 is 0.750 bits per heavy atom. The van der Waals surface area contributed by atoms with Crippen molar-refractivity contribution in [1.82, 2.24) is 15.0 Å². The van der Waals surface area contributed by atoms with Gasteiger partial charge in [0.15, 0.2) is 0 Å². The average molecular weight is 422 g/mol. The zero-order valence-electron chi connectivity index (χ0n) is 18.3. The van der Waals surface area contributed by atoms with Crippen LogP contribution in [0.25, 0.3) is 33.6 Å². The van der Waals surface area contributed by atoms with Crippen LogP contribution in [-0.4, -0.2) is 35.1 Å². The highest BCUT2D eigenvalue weighted by atomic mass is 15.1. The Kier molecular flexibility index (Phi) is 5.79. The molecule has 0 spiro atoms. The van der Waals surface area contributed by atoms with E-state index in [4.69, 9.17) is 4.98 Å². The van der Waals surface area contributed by atoms with Crippen LogP contribution in [0.2, 0.25) is 0 Å². The number of nitrogens with one attached hydrogen (secondary N) is 1. The first kappa shape index (κ1) is 20.2. The van der Waals surface area contributed by atoms with Crippen molar-refractivity contribution in [1.29, 1.82) is 0 Å². The zero-order valence-corrected chi connectivity index (χ0v) is 18.3. The van der Waals surface area contributed by atoms with Crippen molar-refractivity contribution in [3.63, 3.8) is 0 Å². The van der Waals surface area contributed by atoms with Crippen molar-refractivity contribution in [2.24, 2.45) is 0 Å². The molecule has 1 fully saturated rings. The van der Waals surface area contributed by atoms with E-state index in [0.717, 1.165) is 47.0 Å². The topological polar surface area (TPSA) is 53.9 Å². The van der Waals surface area contributed by atoms with Crippen molar-refractivity contribution in [2.45, 2.75) is 19.3 Å². The minimum absolute atomic E-state index is 0.806. The average Bonchev–Trinajstić information content (AvgIpc) is 2.89. The van der Waals surface area contributed by atoms with E-state index in [1.54, 1.807) is 6.20 Å². The van der Waals surface area contributed by atoms with Gasteiger partial charge in [0.25, 0.3) is 0 Å². The highest BCUT2D eigenvalue weighted by molar-refractivity contribution is 5.77. The van der Waals surface area contributed by atoms with Gasteiger partial charge in [-0.05, 0) is 72.9 Å². The van der Waals surface area contributed by atoms with Crippen LogP contribution in [0.15, 0.2) is 79.3 Å². The Morgan fingerprint density at radius 2 is 1.59 bits per heavy atom. The summed E-state index contributed by atoms with van der Waals surface area (Å²) in [6, 6.07) is 21.0. The van der Waals surface area contributed by atoms with Crippen LogP contribution in [0.5, 0.6) is 0 Å². The minimum Gasteiger partial charge on any atom is -0.373 e. The van der Waals surface area contributed by atoms with Crippen LogP contribution >= 0.6 is 0 Å². The maximum absolute atomic E-state index is 4.69. The van der Waals surface area contributed by atoms with Crippen molar-refractivity contribution in [3.8, 4) is 33.6 Å². The van der Waals surface area contributed by atoms with E-state index >= 15 is 0 Å². The maximum atomic E-state index is 4.69. The first-order valence-electron chi connectivity index (χ1n) is 11.2. The molecule has 1 aliphatic rings. The van der Waals surface area contributed by atoms with Crippen LogP contribution in [0.4, 0.5) is 11.5 Å². The molecule has 3 aromatic heterocycles. The van der Waals surface area contributed by atoms with E-state index in [1.165, 1.54) is 30.5 Å². The molecular formula is C27H27N5. The summed E-state index contributed by atoms with van der Waals surface area (Å²) in [4.78, 5) is 16.2. The molecule has 1 aliphatic heterocycles. The summed E-state index contributed by atoms with van der Waals surface area (Å²) in [5, 5.41) is 3.17. The number of pyridine rings is 3. The molecule has 4 heterocycles. The van der Waals surface area contributed by atoms with Crippen molar-refractivity contribution in [2.75, 3.05) is 30.4 Å². The first-order valence-corrected chi connectivity index (χ1v) is 11.2. The quantitative estimate of drug-likeness (QED) is 0.434. The van der Waals surface area contributed by atoms with E-state index in [9.17, 15) is 0 Å². The lowest BCUT2D eigenvalue weighted by atomic mass is 10.0. The van der Waals surface area contributed by atoms with Crippen molar-refractivity contribution < 1.29 is 0 Å². The number of rotatable bonds is 5. The third kappa shape index (κ3) is 4.33. The molecule has 1 aromatic carbocycles. The highest BCUT2D eigenvalue weighted by Crippen LogP contribution is 2.31. The lowest BCUT2D eigenvalue weighted by Gasteiger charge is -2.29. The maximum Gasteiger partial charge on any atom is 0.127 e. The first-order chi connectivity index (χ1) is 15.8. The van der Waals surface area contributed by atoms with E-state index < -0.39 is 0 Å². The lowest BCUT2D eigenvalue weighted by molar-refractivity contribution is 0.578. The van der Waals surface area contributed by atoms with E-state index in [-0.39, 0.29) is 0 Å². The molecule has 0 radical (unpaired) electrons. The Balaban J connectivity index is 1.51.